The molecule has 0 saturated carbocycles. The van der Waals surface area contributed by atoms with Gasteiger partial charge < -0.3 is 11.5 Å². The van der Waals surface area contributed by atoms with Gasteiger partial charge in [-0.1, -0.05) is 72.8 Å². The maximum Gasteiger partial charge on any atom is 0.234 e. The molecule has 54 heavy (non-hydrogen) atoms. The first kappa shape index (κ1) is 36.4. The van der Waals surface area contributed by atoms with E-state index in [1.807, 2.05) is 48.5 Å². The fraction of sp³-hybridized carbons (Fsp3) is 0. The first-order valence-electron chi connectivity index (χ1n) is 15.5. The molecule has 0 aliphatic heterocycles. The van der Waals surface area contributed by atoms with E-state index in [1.54, 1.807) is 24.3 Å². The molecule has 0 aliphatic rings. The summed E-state index contributed by atoms with van der Waals surface area (Å²) >= 11 is 14.5. The smallest absolute Gasteiger partial charge is 0.234 e. The van der Waals surface area contributed by atoms with E-state index >= 15 is 0 Å². The average Bonchev–Trinajstić information content (AvgIpc) is 3.22. The van der Waals surface area contributed by atoms with Gasteiger partial charge in [0, 0.05) is 61.0 Å². The predicted octanol–water partition coefficient (Wildman–Crippen LogP) is 9.23. The van der Waals surface area contributed by atoms with Crippen LogP contribution >= 0.6 is 63.7 Å². The van der Waals surface area contributed by atoms with E-state index in [9.17, 15) is 20.1 Å². The van der Waals surface area contributed by atoms with E-state index in [4.69, 9.17) is 22.0 Å². The number of nitrogens with two attached hydrogens (primary N) is 2. The summed E-state index contributed by atoms with van der Waals surface area (Å²) in [4.78, 5) is 33.5. The van der Waals surface area contributed by atoms with Crippen LogP contribution in [0.1, 0.15) is 11.4 Å². The highest BCUT2D eigenvalue weighted by atomic mass is 79.9. The van der Waals surface area contributed by atoms with Crippen LogP contribution in [-0.2, 0) is 0 Å². The Kier molecular flexibility index (Phi) is 9.49. The van der Waals surface area contributed by atoms with Crippen molar-refractivity contribution in [3.8, 4) is 24.3 Å². The summed E-state index contributed by atoms with van der Waals surface area (Å²) in [5, 5.41) is 45.3. The normalized spacial score (nSPS) is 11.5. The standard InChI is InChI=1S/C20H6Br2N4.C16H6Br2O2.C4H4N4/c21-17-9-3-1-5-11-15(9)16-10(18(17)22)4-2-6-12(16)20-19(11)25-13(7-23)14(8-24)26-20;17-13-7-3-1-5-9-11(7)12-8(14(13)18)4-2-6-10(12)16(20)15(9)19;5-1-3(7)4(8)2-6/h1-6H;1-6H;7-8H2/b;;4-3-. The van der Waals surface area contributed by atoms with Gasteiger partial charge in [0.1, 0.15) is 35.7 Å². The monoisotopic (exact) mass is 956 g/mol. The van der Waals surface area contributed by atoms with Crippen LogP contribution in [-0.4, -0.2) is 9.97 Å². The molecule has 4 N–H and O–H groups in total. The Morgan fingerprint density at radius 3 is 1.00 bits per heavy atom. The number of benzene rings is 8. The molecule has 0 fully saturated rings. The number of nitriles is 4. The molecule has 10 nitrogen and oxygen atoms in total. The van der Waals surface area contributed by atoms with Crippen LogP contribution < -0.4 is 22.3 Å². The Labute approximate surface area is 337 Å². The summed E-state index contributed by atoms with van der Waals surface area (Å²) in [5.74, 6) is 0. The molecule has 0 aliphatic carbocycles. The number of allylic oxidation sites excluding steroid dienone is 2. The van der Waals surface area contributed by atoms with Gasteiger partial charge in [0.15, 0.2) is 11.4 Å². The zero-order valence-corrected chi connectivity index (χ0v) is 33.4. The topological polar surface area (TPSA) is 207 Å². The van der Waals surface area contributed by atoms with Gasteiger partial charge >= 0.3 is 0 Å². The summed E-state index contributed by atoms with van der Waals surface area (Å²) in [6.45, 7) is 0. The number of hydrogen-bond acceptors (Lipinski definition) is 10. The van der Waals surface area contributed by atoms with Gasteiger partial charge in [-0.15, -0.1) is 0 Å². The van der Waals surface area contributed by atoms with Crippen molar-refractivity contribution in [1.82, 2.24) is 9.97 Å². The molecule has 1 aromatic heterocycles. The number of nitrogens with zero attached hydrogens (tertiary/aromatic N) is 6. The first-order chi connectivity index (χ1) is 26.0. The minimum Gasteiger partial charge on any atom is -0.388 e. The number of fused-ring (bicyclic) bond motifs is 3. The van der Waals surface area contributed by atoms with Gasteiger partial charge in [0.2, 0.25) is 10.9 Å². The molecule has 0 atom stereocenters. The van der Waals surface area contributed by atoms with Crippen molar-refractivity contribution in [1.29, 1.82) is 21.0 Å². The summed E-state index contributed by atoms with van der Waals surface area (Å²) < 4.78 is 3.76. The number of aromatic nitrogens is 2. The Bertz CT molecular complexity index is 3170. The van der Waals surface area contributed by atoms with Gasteiger partial charge in [0.05, 0.1) is 11.0 Å². The van der Waals surface area contributed by atoms with Crippen molar-refractivity contribution in [2.24, 2.45) is 11.5 Å². The molecule has 0 amide bonds. The molecule has 9 rings (SSSR count). The Balaban J connectivity index is 0.000000143. The molecule has 0 unspecified atom stereocenters. The first-order valence-corrected chi connectivity index (χ1v) is 18.7. The summed E-state index contributed by atoms with van der Waals surface area (Å²) in [7, 11) is 0. The molecule has 0 spiro atoms. The van der Waals surface area contributed by atoms with E-state index < -0.39 is 10.9 Å². The van der Waals surface area contributed by atoms with Crippen LogP contribution in [0.2, 0.25) is 0 Å². The third-order valence-corrected chi connectivity index (χ3v) is 13.3. The fourth-order valence-electron chi connectivity index (χ4n) is 6.60. The SMILES string of the molecule is N#C/C(N)=C(/N)C#N.N#Cc1nc2c3cccc4c(Br)c(Br)c5cccc(c2nc1C#N)c5c43.O=c1c(=O)c2cccc3c(Br)c(Br)c4cccc1c4c32. The van der Waals surface area contributed by atoms with Crippen molar-refractivity contribution in [3.05, 3.63) is 134 Å². The van der Waals surface area contributed by atoms with Gasteiger partial charge in [-0.3, -0.25) is 9.59 Å². The second-order valence-electron chi connectivity index (χ2n) is 11.7. The quantitative estimate of drug-likeness (QED) is 0.0637. The average molecular weight is 960 g/mol. The zero-order valence-electron chi connectivity index (χ0n) is 27.1. The highest BCUT2D eigenvalue weighted by Crippen LogP contribution is 2.46. The van der Waals surface area contributed by atoms with Crippen molar-refractivity contribution in [2.45, 2.75) is 0 Å². The summed E-state index contributed by atoms with van der Waals surface area (Å²) in [6.07, 6.45) is 0. The third kappa shape index (κ3) is 5.51. The minimum absolute atomic E-state index is 0.0510. The van der Waals surface area contributed by atoms with Crippen LogP contribution in [0.3, 0.4) is 0 Å². The molecular formula is C40H16Br4N8O2. The summed E-state index contributed by atoms with van der Waals surface area (Å²) in [5.41, 5.74) is 9.87. The lowest BCUT2D eigenvalue weighted by atomic mass is 9.92. The van der Waals surface area contributed by atoms with Crippen molar-refractivity contribution >= 4 is 139 Å². The van der Waals surface area contributed by atoms with Gasteiger partial charge in [-0.25, -0.2) is 9.97 Å². The molecule has 1 heterocycles. The van der Waals surface area contributed by atoms with Crippen molar-refractivity contribution < 1.29 is 0 Å². The van der Waals surface area contributed by atoms with Crippen LogP contribution in [0.15, 0.2) is 112 Å². The van der Waals surface area contributed by atoms with Crippen LogP contribution in [0.5, 0.6) is 0 Å². The van der Waals surface area contributed by atoms with Crippen LogP contribution in [0.4, 0.5) is 0 Å². The molecule has 14 heteroatoms. The zero-order chi connectivity index (χ0) is 38.6. The van der Waals surface area contributed by atoms with E-state index in [1.165, 1.54) is 12.1 Å². The highest BCUT2D eigenvalue weighted by molar-refractivity contribution is 9.13. The van der Waals surface area contributed by atoms with Gasteiger partial charge in [-0.2, -0.15) is 21.0 Å². The maximum absolute atomic E-state index is 12.3. The van der Waals surface area contributed by atoms with Crippen LogP contribution in [0, 0.1) is 45.3 Å². The van der Waals surface area contributed by atoms with Gasteiger partial charge in [-0.05, 0) is 85.3 Å². The third-order valence-electron chi connectivity index (χ3n) is 8.93. The second-order valence-corrected chi connectivity index (χ2v) is 14.9. The molecule has 0 saturated heterocycles. The predicted molar refractivity (Wildman–Crippen MR) is 224 cm³/mol. The maximum atomic E-state index is 12.3. The van der Waals surface area contributed by atoms with Crippen molar-refractivity contribution in [2.75, 3.05) is 0 Å². The molecule has 8 aromatic carbocycles. The Morgan fingerprint density at radius 2 is 0.722 bits per heavy atom. The summed E-state index contributed by atoms with van der Waals surface area (Å²) in [6, 6.07) is 30.0. The van der Waals surface area contributed by atoms with E-state index in [0.29, 0.717) is 21.8 Å². The molecule has 256 valence electrons. The lowest BCUT2D eigenvalue weighted by Gasteiger charge is -2.16. The molecule has 0 bridgehead atoms. The molecule has 9 aromatic rings. The fourth-order valence-corrected chi connectivity index (χ4v) is 8.77. The second kappa shape index (κ2) is 14.1. The van der Waals surface area contributed by atoms with E-state index in [0.717, 1.165) is 71.8 Å². The van der Waals surface area contributed by atoms with E-state index in [2.05, 4.69) is 85.8 Å². The minimum atomic E-state index is -0.426. The number of hydrogen-bond donors (Lipinski definition) is 2. The highest BCUT2D eigenvalue weighted by Gasteiger charge is 2.21. The number of rotatable bonds is 0. The lowest BCUT2D eigenvalue weighted by Crippen LogP contribution is -2.24. The largest absolute Gasteiger partial charge is 0.388 e. The Morgan fingerprint density at radius 1 is 0.463 bits per heavy atom. The van der Waals surface area contributed by atoms with Crippen molar-refractivity contribution in [3.63, 3.8) is 0 Å². The Hall–Kier alpha value is -6.00. The van der Waals surface area contributed by atoms with E-state index in [-0.39, 0.29) is 22.8 Å². The van der Waals surface area contributed by atoms with Crippen LogP contribution in [0.25, 0.3) is 75.7 Å². The molecule has 0 radical (unpaired) electrons. The lowest BCUT2D eigenvalue weighted by molar-refractivity contribution is 1.21. The number of halogens is 4. The molecular weight excluding hydrogens is 944 g/mol. The van der Waals surface area contributed by atoms with Gasteiger partial charge in [0.25, 0.3) is 0 Å².